The highest BCUT2D eigenvalue weighted by Crippen LogP contribution is 2.23. The van der Waals surface area contributed by atoms with Crippen LogP contribution in [-0.2, 0) is 28.4 Å². The Kier molecular flexibility index (Phi) is 10.7. The third-order valence-electron chi connectivity index (χ3n) is 5.17. The molecular formula is C24H33Cl2NO2S. The molecule has 0 saturated heterocycles. The van der Waals surface area contributed by atoms with Gasteiger partial charge in [-0.2, -0.15) is 0 Å². The van der Waals surface area contributed by atoms with Gasteiger partial charge in [0.2, 0.25) is 0 Å². The second-order valence-corrected chi connectivity index (χ2v) is 11.0. The zero-order valence-corrected chi connectivity index (χ0v) is 20.4. The van der Waals surface area contributed by atoms with Crippen LogP contribution in [0.5, 0.6) is 0 Å². The Balaban J connectivity index is 1.77. The second-order valence-electron chi connectivity index (χ2n) is 8.04. The molecule has 0 aliphatic rings. The largest absolute Gasteiger partial charge is 0.303 e. The van der Waals surface area contributed by atoms with Crippen molar-refractivity contribution in [1.29, 1.82) is 0 Å². The lowest BCUT2D eigenvalue weighted by Crippen LogP contribution is -2.28. The summed E-state index contributed by atoms with van der Waals surface area (Å²) in [4.78, 5) is 2.54. The minimum atomic E-state index is -2.98. The van der Waals surface area contributed by atoms with Crippen molar-refractivity contribution in [2.24, 2.45) is 0 Å². The zero-order chi connectivity index (χ0) is 22.0. The molecule has 0 amide bonds. The van der Waals surface area contributed by atoms with Crippen molar-refractivity contribution in [3.05, 3.63) is 69.2 Å². The van der Waals surface area contributed by atoms with Gasteiger partial charge in [-0.3, -0.25) is 0 Å². The van der Waals surface area contributed by atoms with Crippen molar-refractivity contribution < 1.29 is 8.42 Å². The molecule has 0 saturated carbocycles. The Labute approximate surface area is 192 Å². The normalized spacial score (nSPS) is 11.9. The third-order valence-corrected chi connectivity index (χ3v) is 6.77. The van der Waals surface area contributed by atoms with E-state index in [9.17, 15) is 8.42 Å². The standard InChI is InChI=1S/C24H33Cl2NO2S/c1-3-4-15-27(17-14-21-12-13-23(25)24(26)18-21)16-6-5-7-20-8-10-22(11-9-20)19-30(2,28)29/h8-13,18H,3-7,14-17,19H2,1-2H3. The van der Waals surface area contributed by atoms with Crippen molar-refractivity contribution in [3.63, 3.8) is 0 Å². The molecule has 0 radical (unpaired) electrons. The van der Waals surface area contributed by atoms with Gasteiger partial charge in [-0.1, -0.05) is 66.9 Å². The summed E-state index contributed by atoms with van der Waals surface area (Å²) in [6, 6.07) is 13.9. The van der Waals surface area contributed by atoms with Gasteiger partial charge < -0.3 is 4.90 Å². The Bertz CT molecular complexity index is 883. The lowest BCUT2D eigenvalue weighted by Gasteiger charge is -2.22. The molecule has 0 aromatic heterocycles. The summed E-state index contributed by atoms with van der Waals surface area (Å²) >= 11 is 12.2. The van der Waals surface area contributed by atoms with Crippen LogP contribution in [0, 0.1) is 0 Å². The molecule has 0 aliphatic carbocycles. The quantitative estimate of drug-likeness (QED) is 0.327. The highest BCUT2D eigenvalue weighted by Gasteiger charge is 2.07. The van der Waals surface area contributed by atoms with E-state index >= 15 is 0 Å². The molecule has 0 unspecified atom stereocenters. The predicted molar refractivity (Wildman–Crippen MR) is 129 cm³/mol. The maximum atomic E-state index is 11.4. The minimum absolute atomic E-state index is 0.110. The van der Waals surface area contributed by atoms with Crippen LogP contribution >= 0.6 is 23.2 Å². The molecule has 2 rings (SSSR count). The summed E-state index contributed by atoms with van der Waals surface area (Å²) in [5, 5.41) is 1.23. The molecule has 3 nitrogen and oxygen atoms in total. The van der Waals surface area contributed by atoms with Crippen LogP contribution in [0.3, 0.4) is 0 Å². The first-order valence-corrected chi connectivity index (χ1v) is 13.5. The van der Waals surface area contributed by atoms with Crippen LogP contribution in [0.15, 0.2) is 42.5 Å². The average Bonchev–Trinajstić information content (AvgIpc) is 2.69. The molecule has 0 aliphatic heterocycles. The van der Waals surface area contributed by atoms with Crippen LogP contribution in [0.2, 0.25) is 10.0 Å². The predicted octanol–water partition coefficient (Wildman–Crippen LogP) is 6.21. The van der Waals surface area contributed by atoms with Crippen LogP contribution in [0.4, 0.5) is 0 Å². The number of nitrogens with zero attached hydrogens (tertiary/aromatic N) is 1. The second kappa shape index (κ2) is 12.7. The number of hydrogen-bond donors (Lipinski definition) is 0. The molecule has 2 aromatic carbocycles. The van der Waals surface area contributed by atoms with E-state index in [-0.39, 0.29) is 5.75 Å². The van der Waals surface area contributed by atoms with Gasteiger partial charge in [0.05, 0.1) is 15.8 Å². The average molecular weight is 471 g/mol. The van der Waals surface area contributed by atoms with E-state index in [4.69, 9.17) is 23.2 Å². The Morgan fingerprint density at radius 3 is 2.03 bits per heavy atom. The topological polar surface area (TPSA) is 37.4 Å². The summed E-state index contributed by atoms with van der Waals surface area (Å²) in [6.07, 6.45) is 7.95. The number of halogens is 2. The molecule has 2 aromatic rings. The molecule has 166 valence electrons. The first-order chi connectivity index (χ1) is 14.3. The number of hydrogen-bond acceptors (Lipinski definition) is 3. The maximum Gasteiger partial charge on any atom is 0.151 e. The third kappa shape index (κ3) is 9.82. The molecule has 0 fully saturated rings. The number of rotatable bonds is 13. The summed E-state index contributed by atoms with van der Waals surface area (Å²) in [5.74, 6) is 0.110. The molecule has 0 heterocycles. The van der Waals surface area contributed by atoms with Gasteiger partial charge in [0.1, 0.15) is 0 Å². The molecule has 0 atom stereocenters. The van der Waals surface area contributed by atoms with Crippen LogP contribution in [0.25, 0.3) is 0 Å². The van der Waals surface area contributed by atoms with Crippen LogP contribution in [-0.4, -0.2) is 39.2 Å². The fourth-order valence-corrected chi connectivity index (χ4v) is 4.59. The van der Waals surface area contributed by atoms with Crippen molar-refractivity contribution in [2.45, 2.75) is 51.2 Å². The van der Waals surface area contributed by atoms with Gasteiger partial charge in [-0.15, -0.1) is 0 Å². The van der Waals surface area contributed by atoms with Crippen LogP contribution < -0.4 is 0 Å². The molecule has 30 heavy (non-hydrogen) atoms. The first kappa shape index (κ1) is 25.2. The smallest absolute Gasteiger partial charge is 0.151 e. The highest BCUT2D eigenvalue weighted by molar-refractivity contribution is 7.89. The fraction of sp³-hybridized carbons (Fsp3) is 0.500. The number of unbranched alkanes of at least 4 members (excludes halogenated alkanes) is 2. The summed E-state index contributed by atoms with van der Waals surface area (Å²) in [6.45, 7) is 5.47. The van der Waals surface area contributed by atoms with Crippen molar-refractivity contribution >= 4 is 33.0 Å². The van der Waals surface area contributed by atoms with Gasteiger partial charge in [-0.25, -0.2) is 8.42 Å². The van der Waals surface area contributed by atoms with E-state index in [0.29, 0.717) is 10.0 Å². The van der Waals surface area contributed by atoms with E-state index in [1.165, 1.54) is 30.2 Å². The Morgan fingerprint density at radius 2 is 1.40 bits per heavy atom. The van der Waals surface area contributed by atoms with Crippen molar-refractivity contribution in [1.82, 2.24) is 4.90 Å². The SMILES string of the molecule is CCCCN(CCCCc1ccc(CS(C)(=O)=O)cc1)CCc1ccc(Cl)c(Cl)c1. The van der Waals surface area contributed by atoms with Gasteiger partial charge in [0.25, 0.3) is 0 Å². The summed E-state index contributed by atoms with van der Waals surface area (Å²) < 4.78 is 22.8. The van der Waals surface area contributed by atoms with Gasteiger partial charge in [-0.05, 0) is 74.0 Å². The van der Waals surface area contributed by atoms with E-state index in [1.54, 1.807) is 0 Å². The molecule has 0 bridgehead atoms. The van der Waals surface area contributed by atoms with Crippen molar-refractivity contribution in [3.8, 4) is 0 Å². The van der Waals surface area contributed by atoms with Crippen molar-refractivity contribution in [2.75, 3.05) is 25.9 Å². The van der Waals surface area contributed by atoms with E-state index in [1.807, 2.05) is 24.3 Å². The van der Waals surface area contributed by atoms with Gasteiger partial charge in [0.15, 0.2) is 9.84 Å². The lowest BCUT2D eigenvalue weighted by molar-refractivity contribution is 0.267. The highest BCUT2D eigenvalue weighted by atomic mass is 35.5. The zero-order valence-electron chi connectivity index (χ0n) is 18.0. The number of aryl methyl sites for hydroxylation is 1. The van der Waals surface area contributed by atoms with E-state index in [0.717, 1.165) is 50.9 Å². The lowest BCUT2D eigenvalue weighted by atomic mass is 10.1. The Hall–Kier alpha value is -1.07. The molecule has 0 N–H and O–H groups in total. The van der Waals surface area contributed by atoms with E-state index < -0.39 is 9.84 Å². The van der Waals surface area contributed by atoms with Crippen LogP contribution in [0.1, 0.15) is 49.3 Å². The Morgan fingerprint density at radius 1 is 0.767 bits per heavy atom. The number of sulfone groups is 1. The maximum absolute atomic E-state index is 11.4. The fourth-order valence-electron chi connectivity index (χ4n) is 3.47. The summed E-state index contributed by atoms with van der Waals surface area (Å²) in [5.41, 5.74) is 3.34. The molecular weight excluding hydrogens is 437 g/mol. The minimum Gasteiger partial charge on any atom is -0.303 e. The van der Waals surface area contributed by atoms with Gasteiger partial charge in [0, 0.05) is 12.8 Å². The monoisotopic (exact) mass is 469 g/mol. The molecule has 0 spiro atoms. The van der Waals surface area contributed by atoms with Gasteiger partial charge >= 0.3 is 0 Å². The summed E-state index contributed by atoms with van der Waals surface area (Å²) in [7, 11) is -2.98. The number of benzene rings is 2. The van der Waals surface area contributed by atoms with E-state index in [2.05, 4.69) is 30.0 Å². The first-order valence-electron chi connectivity index (χ1n) is 10.7. The molecule has 6 heteroatoms.